The maximum atomic E-state index is 13.4. The number of esters is 1. The molecule has 0 radical (unpaired) electrons. The van der Waals surface area contributed by atoms with Crippen LogP contribution >= 0.6 is 7.52 Å². The van der Waals surface area contributed by atoms with Crippen molar-refractivity contribution in [1.82, 2.24) is 9.99 Å². The second-order valence-electron chi connectivity index (χ2n) is 8.14. The molecule has 1 aliphatic rings. The van der Waals surface area contributed by atoms with Gasteiger partial charge in [0.05, 0.1) is 6.61 Å². The number of rotatable bonds is 10. The molecule has 1 fully saturated rings. The first kappa shape index (κ1) is 24.9. The van der Waals surface area contributed by atoms with E-state index in [9.17, 15) is 9.36 Å². The summed E-state index contributed by atoms with van der Waals surface area (Å²) in [6.07, 6.45) is 4.37. The number of carbonyl (C=O) groups excluding carboxylic acids is 1. The summed E-state index contributed by atoms with van der Waals surface area (Å²) in [7, 11) is 0.156. The van der Waals surface area contributed by atoms with Gasteiger partial charge in [-0.1, -0.05) is 25.5 Å². The van der Waals surface area contributed by atoms with Gasteiger partial charge in [-0.05, 0) is 64.4 Å². The molecule has 8 heteroatoms. The van der Waals surface area contributed by atoms with Crippen LogP contribution in [-0.4, -0.2) is 57.1 Å². The van der Waals surface area contributed by atoms with Crippen molar-refractivity contribution in [2.24, 2.45) is 0 Å². The molecular formula is C22H37N2O5P. The van der Waals surface area contributed by atoms with Crippen LogP contribution in [0.15, 0.2) is 24.3 Å². The van der Waals surface area contributed by atoms with Crippen LogP contribution < -0.4 is 9.61 Å². The van der Waals surface area contributed by atoms with E-state index < -0.39 is 19.5 Å². The number of nitrogens with one attached hydrogen (secondary N) is 1. The number of likely N-dealkylation sites (tertiary alicyclic amines) is 1. The summed E-state index contributed by atoms with van der Waals surface area (Å²) >= 11 is 0. The number of hydrogen-bond acceptors (Lipinski definition) is 6. The van der Waals surface area contributed by atoms with Crippen LogP contribution in [0.5, 0.6) is 5.75 Å². The molecule has 1 saturated heterocycles. The fourth-order valence-electron chi connectivity index (χ4n) is 4.18. The van der Waals surface area contributed by atoms with Gasteiger partial charge in [-0.15, -0.1) is 0 Å². The average molecular weight is 441 g/mol. The molecule has 0 amide bonds. The average Bonchev–Trinajstić information content (AvgIpc) is 2.90. The van der Waals surface area contributed by atoms with Gasteiger partial charge < -0.3 is 18.9 Å². The molecule has 0 spiro atoms. The van der Waals surface area contributed by atoms with Crippen LogP contribution in [0.3, 0.4) is 0 Å². The third-order valence-corrected chi connectivity index (χ3v) is 7.61. The van der Waals surface area contributed by atoms with Crippen LogP contribution in [0.2, 0.25) is 0 Å². The van der Waals surface area contributed by atoms with Gasteiger partial charge in [-0.3, -0.25) is 9.36 Å². The van der Waals surface area contributed by atoms with Gasteiger partial charge in [0.1, 0.15) is 18.1 Å². The highest BCUT2D eigenvalue weighted by atomic mass is 31.2. The van der Waals surface area contributed by atoms with Crippen molar-refractivity contribution >= 4 is 13.5 Å². The van der Waals surface area contributed by atoms with Crippen LogP contribution in [0.25, 0.3) is 0 Å². The van der Waals surface area contributed by atoms with Crippen LogP contribution in [0.1, 0.15) is 52.0 Å². The van der Waals surface area contributed by atoms with Crippen molar-refractivity contribution in [2.75, 3.05) is 40.2 Å². The van der Waals surface area contributed by atoms with E-state index >= 15 is 0 Å². The molecule has 0 aromatic heterocycles. The van der Waals surface area contributed by atoms with Crippen LogP contribution in [0, 0.1) is 0 Å². The molecule has 1 N–H and O–H groups in total. The van der Waals surface area contributed by atoms with E-state index in [1.165, 1.54) is 25.5 Å². The van der Waals surface area contributed by atoms with E-state index in [1.807, 2.05) is 12.1 Å². The summed E-state index contributed by atoms with van der Waals surface area (Å²) in [6.45, 7) is 7.92. The zero-order valence-electron chi connectivity index (χ0n) is 19.0. The van der Waals surface area contributed by atoms with E-state index in [-0.39, 0.29) is 18.4 Å². The molecule has 3 unspecified atom stereocenters. The standard InChI is InChI=1S/C22H37N2O5P/c1-6-22(13-8-9-14-24(4)16-22)19-11-10-12-20(15-19)29-30(26,17-27-5)23-18(3)21(25)28-7-2/h10-12,15,18H,6-9,13-14,16-17H2,1-5H3,(H,23,26). The van der Waals surface area contributed by atoms with Crippen LogP contribution in [-0.2, 0) is 24.2 Å². The Morgan fingerprint density at radius 2 is 2.10 bits per heavy atom. The van der Waals surface area contributed by atoms with Crippen molar-refractivity contribution in [2.45, 2.75) is 57.9 Å². The van der Waals surface area contributed by atoms with Gasteiger partial charge in [0.15, 0.2) is 0 Å². The lowest BCUT2D eigenvalue weighted by atomic mass is 9.74. The van der Waals surface area contributed by atoms with E-state index in [0.29, 0.717) is 5.75 Å². The molecule has 1 aliphatic heterocycles. The first-order valence-corrected chi connectivity index (χ1v) is 12.6. The molecule has 0 aliphatic carbocycles. The lowest BCUT2D eigenvalue weighted by Gasteiger charge is -2.35. The molecule has 0 bridgehead atoms. The maximum Gasteiger partial charge on any atom is 0.342 e. The zero-order chi connectivity index (χ0) is 22.2. The van der Waals surface area contributed by atoms with E-state index in [0.717, 1.165) is 25.9 Å². The van der Waals surface area contributed by atoms with Gasteiger partial charge in [0, 0.05) is 19.1 Å². The highest BCUT2D eigenvalue weighted by molar-refractivity contribution is 7.57. The minimum absolute atomic E-state index is 0.0432. The first-order chi connectivity index (χ1) is 14.3. The van der Waals surface area contributed by atoms with Crippen molar-refractivity contribution in [3.05, 3.63) is 29.8 Å². The topological polar surface area (TPSA) is 77.1 Å². The Balaban J connectivity index is 2.25. The highest BCUT2D eigenvalue weighted by Gasteiger charge is 2.34. The quantitative estimate of drug-likeness (QED) is 0.432. The summed E-state index contributed by atoms with van der Waals surface area (Å²) in [5.41, 5.74) is 1.24. The largest absolute Gasteiger partial charge is 0.465 e. The van der Waals surface area contributed by atoms with Crippen molar-refractivity contribution < 1.29 is 23.4 Å². The third-order valence-electron chi connectivity index (χ3n) is 5.72. The summed E-state index contributed by atoms with van der Waals surface area (Å²) < 4.78 is 29.4. The smallest absolute Gasteiger partial charge is 0.342 e. The molecule has 2 rings (SSSR count). The fraction of sp³-hybridized carbons (Fsp3) is 0.682. The number of benzene rings is 1. The first-order valence-electron chi connectivity index (χ1n) is 10.8. The number of nitrogens with zero attached hydrogens (tertiary/aromatic N) is 1. The van der Waals surface area contributed by atoms with Crippen LogP contribution in [0.4, 0.5) is 0 Å². The number of likely N-dealkylation sites (N-methyl/N-ethyl adjacent to an activating group) is 1. The number of methoxy groups -OCH3 is 1. The van der Waals surface area contributed by atoms with Crippen molar-refractivity contribution in [1.29, 1.82) is 0 Å². The molecular weight excluding hydrogens is 403 g/mol. The Labute approximate surface area is 181 Å². The number of carbonyl (C=O) groups is 1. The lowest BCUT2D eigenvalue weighted by molar-refractivity contribution is -0.144. The molecule has 1 heterocycles. The van der Waals surface area contributed by atoms with E-state index in [1.54, 1.807) is 19.9 Å². The maximum absolute atomic E-state index is 13.4. The molecule has 0 saturated carbocycles. The second kappa shape index (κ2) is 11.3. The minimum Gasteiger partial charge on any atom is -0.465 e. The van der Waals surface area contributed by atoms with Gasteiger partial charge in [-0.2, -0.15) is 0 Å². The molecule has 1 aromatic carbocycles. The number of ether oxygens (including phenoxy) is 2. The SMILES string of the molecule is CCOC(=O)C(C)NP(=O)(COC)Oc1cccc(C2(CC)CCCCN(C)C2)c1. The highest BCUT2D eigenvalue weighted by Crippen LogP contribution is 2.45. The monoisotopic (exact) mass is 440 g/mol. The van der Waals surface area contributed by atoms with Crippen molar-refractivity contribution in [3.8, 4) is 5.75 Å². The van der Waals surface area contributed by atoms with E-state index in [2.05, 4.69) is 30.0 Å². The predicted molar refractivity (Wildman–Crippen MR) is 119 cm³/mol. The molecule has 3 atom stereocenters. The second-order valence-corrected chi connectivity index (χ2v) is 10.2. The molecule has 170 valence electrons. The Morgan fingerprint density at radius 1 is 1.33 bits per heavy atom. The Bertz CT molecular complexity index is 744. The van der Waals surface area contributed by atoms with Gasteiger partial charge in [-0.25, -0.2) is 5.09 Å². The zero-order valence-corrected chi connectivity index (χ0v) is 19.9. The Morgan fingerprint density at radius 3 is 2.77 bits per heavy atom. The number of hydrogen-bond donors (Lipinski definition) is 1. The molecule has 7 nitrogen and oxygen atoms in total. The summed E-state index contributed by atoms with van der Waals surface area (Å²) in [5.74, 6) is 0.0359. The van der Waals surface area contributed by atoms with Crippen molar-refractivity contribution in [3.63, 3.8) is 0 Å². The fourth-order valence-corrected chi connectivity index (χ4v) is 5.85. The summed E-state index contributed by atoms with van der Waals surface area (Å²) in [6, 6.07) is 7.09. The van der Waals surface area contributed by atoms with E-state index in [4.69, 9.17) is 14.0 Å². The third kappa shape index (κ3) is 6.55. The summed E-state index contributed by atoms with van der Waals surface area (Å²) in [4.78, 5) is 14.4. The normalized spacial score (nSPS) is 23.2. The molecule has 30 heavy (non-hydrogen) atoms. The lowest BCUT2D eigenvalue weighted by Crippen LogP contribution is -2.37. The van der Waals surface area contributed by atoms with Gasteiger partial charge in [0.2, 0.25) is 0 Å². The molecule has 1 aromatic rings. The Kier molecular flexibility index (Phi) is 9.35. The Hall–Kier alpha value is -1.40. The van der Waals surface area contributed by atoms with Gasteiger partial charge >= 0.3 is 13.5 Å². The summed E-state index contributed by atoms with van der Waals surface area (Å²) in [5, 5.41) is 2.79. The van der Waals surface area contributed by atoms with Gasteiger partial charge in [0.25, 0.3) is 0 Å². The minimum atomic E-state index is -3.47. The predicted octanol–water partition coefficient (Wildman–Crippen LogP) is 4.17.